The summed E-state index contributed by atoms with van der Waals surface area (Å²) in [7, 11) is 1.90. The molecule has 3 aromatic rings. The van der Waals surface area contributed by atoms with Crippen LogP contribution >= 0.6 is 12.4 Å². The van der Waals surface area contributed by atoms with Gasteiger partial charge < -0.3 is 5.73 Å². The molecule has 0 amide bonds. The first kappa shape index (κ1) is 17.6. The molecule has 0 bridgehead atoms. The van der Waals surface area contributed by atoms with E-state index in [4.69, 9.17) is 15.8 Å². The lowest BCUT2D eigenvalue weighted by molar-refractivity contribution is 0.380. The fraction of sp³-hybridized carbons (Fsp3) is 0.412. The molecule has 0 aromatic carbocycles. The molecular weight excluding hydrogens is 338 g/mol. The number of hydrogen-bond acceptors (Lipinski definition) is 5. The number of halogens is 1. The molecule has 1 aliphatic carbocycles. The third-order valence-corrected chi connectivity index (χ3v) is 4.60. The zero-order chi connectivity index (χ0) is 16.5. The first-order valence-corrected chi connectivity index (χ1v) is 8.33. The summed E-state index contributed by atoms with van der Waals surface area (Å²) in [4.78, 5) is 9.21. The number of pyridine rings is 1. The number of rotatable bonds is 3. The van der Waals surface area contributed by atoms with Crippen LogP contribution in [-0.2, 0) is 7.05 Å². The predicted octanol–water partition coefficient (Wildman–Crippen LogP) is 2.47. The van der Waals surface area contributed by atoms with Gasteiger partial charge in [0.2, 0.25) is 0 Å². The van der Waals surface area contributed by atoms with Crippen molar-refractivity contribution in [2.24, 2.45) is 12.8 Å². The third kappa shape index (κ3) is 3.57. The lowest BCUT2D eigenvalue weighted by atomic mass is 9.86. The van der Waals surface area contributed by atoms with Gasteiger partial charge in [-0.05, 0) is 37.8 Å². The van der Waals surface area contributed by atoms with E-state index in [9.17, 15) is 0 Å². The molecule has 0 spiro atoms. The van der Waals surface area contributed by atoms with E-state index in [1.165, 1.54) is 0 Å². The van der Waals surface area contributed by atoms with Crippen LogP contribution in [0.5, 0.6) is 0 Å². The van der Waals surface area contributed by atoms with Crippen molar-refractivity contribution in [3.63, 3.8) is 0 Å². The van der Waals surface area contributed by atoms with Crippen molar-refractivity contribution in [3.8, 4) is 17.2 Å². The van der Waals surface area contributed by atoms with E-state index in [1.807, 2.05) is 42.3 Å². The SMILES string of the molecule is Cl.Cn1cc(-n2nc(-c3ccccn3)nc2C2CCC(N)CC2)cn1. The molecule has 132 valence electrons. The Labute approximate surface area is 152 Å². The fourth-order valence-electron chi connectivity index (χ4n) is 3.28. The van der Waals surface area contributed by atoms with Crippen molar-refractivity contribution in [1.82, 2.24) is 29.5 Å². The number of aromatic nitrogens is 6. The third-order valence-electron chi connectivity index (χ3n) is 4.60. The van der Waals surface area contributed by atoms with Crippen molar-refractivity contribution < 1.29 is 0 Å². The highest BCUT2D eigenvalue weighted by Crippen LogP contribution is 2.33. The van der Waals surface area contributed by atoms with Crippen LogP contribution in [0.15, 0.2) is 36.8 Å². The van der Waals surface area contributed by atoms with E-state index in [2.05, 4.69) is 10.1 Å². The smallest absolute Gasteiger partial charge is 0.200 e. The first-order valence-electron chi connectivity index (χ1n) is 8.33. The van der Waals surface area contributed by atoms with Crippen LogP contribution in [-0.4, -0.2) is 35.6 Å². The second-order valence-corrected chi connectivity index (χ2v) is 6.40. The predicted molar refractivity (Wildman–Crippen MR) is 97.8 cm³/mol. The van der Waals surface area contributed by atoms with Gasteiger partial charge in [0, 0.05) is 25.2 Å². The van der Waals surface area contributed by atoms with Crippen LogP contribution in [0.25, 0.3) is 17.2 Å². The molecule has 2 N–H and O–H groups in total. The minimum atomic E-state index is 0. The van der Waals surface area contributed by atoms with Gasteiger partial charge in [-0.25, -0.2) is 9.67 Å². The average Bonchev–Trinajstić information content (AvgIpc) is 3.23. The van der Waals surface area contributed by atoms with Crippen LogP contribution in [0.4, 0.5) is 0 Å². The summed E-state index contributed by atoms with van der Waals surface area (Å²) in [6, 6.07) is 6.09. The van der Waals surface area contributed by atoms with Crippen LogP contribution in [0.3, 0.4) is 0 Å². The van der Waals surface area contributed by atoms with Gasteiger partial charge in [-0.1, -0.05) is 6.07 Å². The molecule has 4 rings (SSSR count). The van der Waals surface area contributed by atoms with Gasteiger partial charge in [0.15, 0.2) is 5.82 Å². The molecule has 25 heavy (non-hydrogen) atoms. The second kappa shape index (κ2) is 7.33. The van der Waals surface area contributed by atoms with Gasteiger partial charge >= 0.3 is 0 Å². The summed E-state index contributed by atoms with van der Waals surface area (Å²) in [5, 5.41) is 8.98. The van der Waals surface area contributed by atoms with E-state index in [0.717, 1.165) is 42.9 Å². The fourth-order valence-corrected chi connectivity index (χ4v) is 3.28. The topological polar surface area (TPSA) is 87.4 Å². The van der Waals surface area contributed by atoms with Crippen LogP contribution in [0.2, 0.25) is 0 Å². The summed E-state index contributed by atoms with van der Waals surface area (Å²) in [6.45, 7) is 0. The van der Waals surface area contributed by atoms with Crippen molar-refractivity contribution in [2.75, 3.05) is 0 Å². The van der Waals surface area contributed by atoms with Crippen molar-refractivity contribution >= 4 is 12.4 Å². The first-order chi connectivity index (χ1) is 11.7. The largest absolute Gasteiger partial charge is 0.328 e. The summed E-state index contributed by atoms with van der Waals surface area (Å²) >= 11 is 0. The summed E-state index contributed by atoms with van der Waals surface area (Å²) < 4.78 is 3.69. The molecule has 7 nitrogen and oxygen atoms in total. The second-order valence-electron chi connectivity index (χ2n) is 6.40. The van der Waals surface area contributed by atoms with Crippen molar-refractivity contribution in [2.45, 2.75) is 37.6 Å². The standard InChI is InChI=1S/C17H21N7.ClH/c1-23-11-14(10-20-23)24-17(12-5-7-13(18)8-6-12)21-16(22-24)15-4-2-3-9-19-15;/h2-4,9-13H,5-8,18H2,1H3;1H. The van der Waals surface area contributed by atoms with E-state index >= 15 is 0 Å². The van der Waals surface area contributed by atoms with Crippen LogP contribution in [0.1, 0.15) is 37.4 Å². The molecule has 0 atom stereocenters. The average molecular weight is 360 g/mol. The quantitative estimate of drug-likeness (QED) is 0.776. The van der Waals surface area contributed by atoms with Gasteiger partial charge in [-0.3, -0.25) is 9.67 Å². The van der Waals surface area contributed by atoms with Gasteiger partial charge in [0.05, 0.1) is 12.4 Å². The van der Waals surface area contributed by atoms with Crippen molar-refractivity contribution in [1.29, 1.82) is 0 Å². The lowest BCUT2D eigenvalue weighted by Crippen LogP contribution is -2.26. The maximum Gasteiger partial charge on any atom is 0.200 e. The van der Waals surface area contributed by atoms with Gasteiger partial charge in [0.25, 0.3) is 0 Å². The van der Waals surface area contributed by atoms with E-state index in [1.54, 1.807) is 10.9 Å². The summed E-state index contributed by atoms with van der Waals surface area (Å²) in [6.07, 6.45) is 9.68. The van der Waals surface area contributed by atoms with E-state index in [-0.39, 0.29) is 12.4 Å². The van der Waals surface area contributed by atoms with Crippen LogP contribution in [0, 0.1) is 0 Å². The highest BCUT2D eigenvalue weighted by Gasteiger charge is 2.26. The van der Waals surface area contributed by atoms with Crippen LogP contribution < -0.4 is 5.73 Å². The number of nitrogens with zero attached hydrogens (tertiary/aromatic N) is 6. The minimum Gasteiger partial charge on any atom is -0.328 e. The Bertz CT molecular complexity index is 819. The molecule has 1 aliphatic rings. The van der Waals surface area contributed by atoms with Gasteiger partial charge in [-0.15, -0.1) is 17.5 Å². The number of nitrogens with two attached hydrogens (primary N) is 1. The number of aryl methyl sites for hydroxylation is 1. The molecule has 3 heterocycles. The Hall–Kier alpha value is -2.25. The number of hydrogen-bond donors (Lipinski definition) is 1. The Kier molecular flexibility index (Phi) is 5.15. The molecule has 1 saturated carbocycles. The molecule has 0 radical (unpaired) electrons. The lowest BCUT2D eigenvalue weighted by Gasteiger charge is -2.25. The van der Waals surface area contributed by atoms with Crippen molar-refractivity contribution in [3.05, 3.63) is 42.6 Å². The molecule has 0 aliphatic heterocycles. The molecule has 1 fully saturated rings. The maximum absolute atomic E-state index is 6.06. The molecule has 3 aromatic heterocycles. The Morgan fingerprint density at radius 1 is 1.16 bits per heavy atom. The van der Waals surface area contributed by atoms with Gasteiger partial charge in [0.1, 0.15) is 17.2 Å². The van der Waals surface area contributed by atoms with Gasteiger partial charge in [-0.2, -0.15) is 5.10 Å². The maximum atomic E-state index is 6.06. The normalized spacial score (nSPS) is 20.2. The van der Waals surface area contributed by atoms with E-state index in [0.29, 0.717) is 17.8 Å². The monoisotopic (exact) mass is 359 g/mol. The Morgan fingerprint density at radius 2 is 1.96 bits per heavy atom. The highest BCUT2D eigenvalue weighted by molar-refractivity contribution is 5.85. The molecule has 0 saturated heterocycles. The molecule has 0 unspecified atom stereocenters. The minimum absolute atomic E-state index is 0. The molecule has 8 heteroatoms. The zero-order valence-electron chi connectivity index (χ0n) is 14.1. The highest BCUT2D eigenvalue weighted by atomic mass is 35.5. The Morgan fingerprint density at radius 3 is 2.60 bits per heavy atom. The van der Waals surface area contributed by atoms with E-state index < -0.39 is 0 Å². The zero-order valence-corrected chi connectivity index (χ0v) is 14.9. The summed E-state index contributed by atoms with van der Waals surface area (Å²) in [5.41, 5.74) is 7.77. The Balaban J connectivity index is 0.00000182. The molecular formula is C17H22ClN7. The summed E-state index contributed by atoms with van der Waals surface area (Å²) in [5.74, 6) is 2.01.